The van der Waals surface area contributed by atoms with Crippen LogP contribution in [0.15, 0.2) is 0 Å². The summed E-state index contributed by atoms with van der Waals surface area (Å²) in [5, 5.41) is 0. The Morgan fingerprint density at radius 2 is 0.333 bits per heavy atom. The van der Waals surface area contributed by atoms with Crippen LogP contribution in [0.1, 0.15) is 160 Å². The lowest BCUT2D eigenvalue weighted by atomic mass is 10.0. The van der Waals surface area contributed by atoms with E-state index < -0.39 is 34.7 Å². The molecule has 0 aromatic heterocycles. The van der Waals surface area contributed by atoms with E-state index in [0.717, 1.165) is 77.0 Å². The molecule has 0 aromatic carbocycles. The third-order valence-corrected chi connectivity index (χ3v) is 19.4. The predicted molar refractivity (Wildman–Crippen MR) is 283 cm³/mol. The van der Waals surface area contributed by atoms with E-state index in [1.54, 1.807) is 0 Å². The van der Waals surface area contributed by atoms with Gasteiger partial charge < -0.3 is 128 Å². The minimum absolute atomic E-state index is 0.0205. The van der Waals surface area contributed by atoms with Gasteiger partial charge in [-0.05, 0) is 122 Å². The maximum absolute atomic E-state index is 6.23. The zero-order valence-electron chi connectivity index (χ0n) is 51.8. The minimum Gasteiger partial charge on any atom is -0.344 e. The van der Waals surface area contributed by atoms with E-state index in [1.807, 2.05) is 83.1 Å². The number of ether oxygens (including phenoxy) is 27. The van der Waals surface area contributed by atoms with Gasteiger partial charge in [-0.25, -0.2) is 0 Å². The molecule has 0 radical (unpaired) electrons. The van der Waals surface area contributed by atoms with Crippen molar-refractivity contribution in [2.45, 2.75) is 380 Å². The molecule has 492 valence electrons. The van der Waals surface area contributed by atoms with Crippen molar-refractivity contribution in [3.63, 3.8) is 0 Å². The summed E-state index contributed by atoms with van der Waals surface area (Å²) >= 11 is 0. The standard InChI is InChI=1S/3C20H30O9/c3*1-19(2)26-15-13-9(21-17(15)28-19)5-7-11(24-13)23-12-8-6-10-14(25-12)16-18(22-10)29-20(3,4)27-16/h3*9-18H,5-8H2,1-4H3/t3*9-,10-,11+,12+,13+,14+,15-,16-,17-,18-/m111/s1. The third-order valence-electron chi connectivity index (χ3n) is 19.4. The van der Waals surface area contributed by atoms with Gasteiger partial charge in [0.15, 0.2) is 110 Å². The summed E-state index contributed by atoms with van der Waals surface area (Å²) in [5.74, 6) is -3.95. The first-order chi connectivity index (χ1) is 41.3. The van der Waals surface area contributed by atoms with Gasteiger partial charge in [-0.15, -0.1) is 0 Å². The summed E-state index contributed by atoms with van der Waals surface area (Å²) in [6, 6.07) is 0. The van der Waals surface area contributed by atoms with Gasteiger partial charge in [-0.2, -0.15) is 0 Å². The minimum atomic E-state index is -0.658. The molecule has 0 saturated carbocycles. The summed E-state index contributed by atoms with van der Waals surface area (Å²) in [6.45, 7) is 22.7. The molecule has 0 aliphatic carbocycles. The fourth-order valence-corrected chi connectivity index (χ4v) is 16.0. The van der Waals surface area contributed by atoms with E-state index >= 15 is 0 Å². The maximum atomic E-state index is 6.23. The lowest BCUT2D eigenvalue weighted by Crippen LogP contribution is -2.48. The molecule has 18 aliphatic heterocycles. The van der Waals surface area contributed by atoms with Crippen LogP contribution in [0, 0.1) is 0 Å². The second-order valence-corrected chi connectivity index (χ2v) is 28.9. The van der Waals surface area contributed by atoms with Crippen molar-refractivity contribution in [2.24, 2.45) is 0 Å². The predicted octanol–water partition coefficient (Wildman–Crippen LogP) is 5.30. The van der Waals surface area contributed by atoms with Gasteiger partial charge >= 0.3 is 0 Å². The van der Waals surface area contributed by atoms with Crippen molar-refractivity contribution in [3.05, 3.63) is 0 Å². The van der Waals surface area contributed by atoms with Crippen molar-refractivity contribution >= 4 is 0 Å². The molecule has 0 bridgehead atoms. The molecule has 0 N–H and O–H groups in total. The Balaban J connectivity index is 0.000000106. The Labute approximate surface area is 506 Å². The monoisotopic (exact) mass is 1240 g/mol. The van der Waals surface area contributed by atoms with Gasteiger partial charge in [0.25, 0.3) is 0 Å². The molecule has 0 aromatic rings. The highest BCUT2D eigenvalue weighted by atomic mass is 16.9. The van der Waals surface area contributed by atoms with Gasteiger partial charge in [0.05, 0.1) is 36.6 Å². The Bertz CT molecular complexity index is 2060. The highest BCUT2D eigenvalue weighted by Gasteiger charge is 2.64. The van der Waals surface area contributed by atoms with E-state index in [2.05, 4.69) is 0 Å². The van der Waals surface area contributed by atoms with Crippen LogP contribution in [-0.2, 0) is 128 Å². The molecule has 27 heteroatoms. The molecule has 0 unspecified atom stereocenters. The molecule has 18 rings (SSSR count). The largest absolute Gasteiger partial charge is 0.344 e. The van der Waals surface area contributed by atoms with Gasteiger partial charge in [0, 0.05) is 38.5 Å². The molecule has 18 saturated heterocycles. The van der Waals surface area contributed by atoms with Gasteiger partial charge in [-0.3, -0.25) is 0 Å². The topological polar surface area (TPSA) is 249 Å². The summed E-state index contributed by atoms with van der Waals surface area (Å²) in [6.07, 6.45) is 2.46. The first kappa shape index (κ1) is 60.8. The van der Waals surface area contributed by atoms with E-state index in [9.17, 15) is 0 Å². The quantitative estimate of drug-likeness (QED) is 0.327. The van der Waals surface area contributed by atoms with Crippen LogP contribution in [0.2, 0.25) is 0 Å². The molecular weight excluding hydrogens is 1150 g/mol. The highest BCUT2D eigenvalue weighted by Crippen LogP contribution is 2.50. The van der Waals surface area contributed by atoms with Gasteiger partial charge in [0.2, 0.25) is 0 Å². The molecule has 0 spiro atoms. The zero-order valence-corrected chi connectivity index (χ0v) is 51.8. The summed E-state index contributed by atoms with van der Waals surface area (Å²) < 4.78 is 163. The molecule has 18 fully saturated rings. The van der Waals surface area contributed by atoms with E-state index in [0.29, 0.717) is 0 Å². The Morgan fingerprint density at radius 1 is 0.184 bits per heavy atom. The molecule has 30 atom stereocenters. The average molecular weight is 1240 g/mol. The molecule has 18 aliphatic rings. The maximum Gasteiger partial charge on any atom is 0.190 e. The van der Waals surface area contributed by atoms with Crippen LogP contribution in [-0.4, -0.2) is 220 Å². The smallest absolute Gasteiger partial charge is 0.190 e. The number of hydrogen-bond donors (Lipinski definition) is 0. The number of fused-ring (bicyclic) bond motifs is 18. The van der Waals surface area contributed by atoms with Gasteiger partial charge in [-0.1, -0.05) is 0 Å². The highest BCUT2D eigenvalue weighted by molar-refractivity contribution is 5.02. The van der Waals surface area contributed by atoms with E-state index in [-0.39, 0.29) is 185 Å². The van der Waals surface area contributed by atoms with E-state index in [1.165, 1.54) is 0 Å². The molecule has 0 amide bonds. The second kappa shape index (κ2) is 22.3. The molecule has 27 nitrogen and oxygen atoms in total. The van der Waals surface area contributed by atoms with Crippen LogP contribution >= 0.6 is 0 Å². The Hall–Kier alpha value is -1.08. The van der Waals surface area contributed by atoms with Crippen LogP contribution < -0.4 is 0 Å². The normalized spacial score (nSPS) is 54.6. The SMILES string of the molecule is CC1(C)O[C@H]2O[C@@H]3CC[C@@H](O[C@@H]4CC[C@H]5O[C@@H]6OC(C)(C)O[C@@H]6[C@H]5O4)O[C@@H]3[C@H]2O1.CC1(C)O[C@H]2O[C@@H]3CC[C@@H](O[C@@H]4CC[C@H]5O[C@@H]6OC(C)(C)O[C@@H]6[C@H]5O4)O[C@@H]3[C@H]2O1.CC1(C)O[C@H]2O[C@@H]3CC[C@@H](O[C@@H]4CC[C@H]5O[C@@H]6OC(C)(C)O[C@@H]6[C@H]5O4)O[C@@H]3[C@H]2O1. The Morgan fingerprint density at radius 3 is 0.483 bits per heavy atom. The first-order valence-corrected chi connectivity index (χ1v) is 32.2. The molecule has 87 heavy (non-hydrogen) atoms. The van der Waals surface area contributed by atoms with Crippen LogP contribution in [0.4, 0.5) is 0 Å². The zero-order chi connectivity index (χ0) is 59.9. The van der Waals surface area contributed by atoms with Crippen molar-refractivity contribution in [1.29, 1.82) is 0 Å². The molecule has 18 heterocycles. The number of rotatable bonds is 6. The fourth-order valence-electron chi connectivity index (χ4n) is 16.0. The lowest BCUT2D eigenvalue weighted by Gasteiger charge is -2.38. The lowest BCUT2D eigenvalue weighted by molar-refractivity contribution is -0.321. The van der Waals surface area contributed by atoms with Crippen molar-refractivity contribution in [3.8, 4) is 0 Å². The summed E-state index contributed by atoms with van der Waals surface area (Å²) in [7, 11) is 0. The van der Waals surface area contributed by atoms with Crippen molar-refractivity contribution in [1.82, 2.24) is 0 Å². The van der Waals surface area contributed by atoms with Crippen LogP contribution in [0.25, 0.3) is 0 Å². The first-order valence-electron chi connectivity index (χ1n) is 32.2. The van der Waals surface area contributed by atoms with E-state index in [4.69, 9.17) is 128 Å². The average Bonchev–Trinajstić information content (AvgIpc) is 1.96. The third kappa shape index (κ3) is 12.0. The molecular formula is C60H90O27. The fraction of sp³-hybridized carbons (Fsp3) is 1.00. The van der Waals surface area contributed by atoms with Crippen molar-refractivity contribution < 1.29 is 128 Å². The summed E-state index contributed by atoms with van der Waals surface area (Å²) in [4.78, 5) is 0. The van der Waals surface area contributed by atoms with Gasteiger partial charge in [0.1, 0.15) is 73.2 Å². The second-order valence-electron chi connectivity index (χ2n) is 28.9. The van der Waals surface area contributed by atoms with Crippen molar-refractivity contribution in [2.75, 3.05) is 0 Å². The number of hydrogen-bond acceptors (Lipinski definition) is 27. The van der Waals surface area contributed by atoms with Crippen LogP contribution in [0.3, 0.4) is 0 Å². The Kier molecular flexibility index (Phi) is 15.6. The van der Waals surface area contributed by atoms with Crippen LogP contribution in [0.5, 0.6) is 0 Å². The summed E-state index contributed by atoms with van der Waals surface area (Å²) in [5.41, 5.74) is 0.